The molecule has 0 aliphatic rings. The summed E-state index contributed by atoms with van der Waals surface area (Å²) in [5.41, 5.74) is 2.10. The van der Waals surface area contributed by atoms with E-state index in [0.717, 1.165) is 0 Å². The van der Waals surface area contributed by atoms with Crippen molar-refractivity contribution in [3.8, 4) is 0 Å². The second-order valence-corrected chi connectivity index (χ2v) is 3.31. The third-order valence-corrected chi connectivity index (χ3v) is 1.87. The zero-order valence-corrected chi connectivity index (χ0v) is 9.22. The summed E-state index contributed by atoms with van der Waals surface area (Å²) in [6.45, 7) is 0. The smallest absolute Gasteiger partial charge is 0.277 e. The summed E-state index contributed by atoms with van der Waals surface area (Å²) < 4.78 is 12.5. The van der Waals surface area contributed by atoms with Gasteiger partial charge in [0, 0.05) is 0 Å². The molecule has 0 saturated carbocycles. The molecule has 0 aromatic heterocycles. The predicted molar refractivity (Wildman–Crippen MR) is 59.2 cm³/mol. The fourth-order valence-electron chi connectivity index (χ4n) is 0.810. The normalized spacial score (nSPS) is 9.44. The molecule has 0 fully saturated rings. The Morgan fingerprint density at radius 2 is 1.62 bits per heavy atom. The average Bonchev–Trinajstić information content (AvgIpc) is 2.20. The maximum absolute atomic E-state index is 12.5. The number of hydrogen-bond acceptors (Lipinski definition) is 4. The van der Waals surface area contributed by atoms with Crippen molar-refractivity contribution in [1.82, 2.24) is 0 Å². The maximum Gasteiger partial charge on any atom is 0.277 e. The van der Waals surface area contributed by atoms with Gasteiger partial charge in [-0.25, -0.2) is 4.39 Å². The van der Waals surface area contributed by atoms with E-state index in [1.165, 1.54) is 24.3 Å². The van der Waals surface area contributed by atoms with E-state index >= 15 is 0 Å². The highest BCUT2D eigenvalue weighted by molar-refractivity contribution is 7.01. The quantitative estimate of drug-likeness (QED) is 0.392. The summed E-state index contributed by atoms with van der Waals surface area (Å²) in [6.07, 6.45) is 0. The Hall–Kier alpha value is -1.46. The summed E-state index contributed by atoms with van der Waals surface area (Å²) in [6, 6.07) is 5.10. The van der Waals surface area contributed by atoms with Gasteiger partial charge in [-0.2, -0.15) is 5.10 Å². The Bertz CT molecular complexity index is 429. The van der Waals surface area contributed by atoms with Gasteiger partial charge < -0.3 is 0 Å². The van der Waals surface area contributed by atoms with Crippen LogP contribution in [0.4, 0.5) is 10.1 Å². The van der Waals surface area contributed by atoms with Crippen molar-refractivity contribution < 1.29 is 14.0 Å². The van der Waals surface area contributed by atoms with Crippen molar-refractivity contribution in [1.29, 1.82) is 0 Å². The number of hydrogen-bond donors (Lipinski definition) is 1. The highest BCUT2D eigenvalue weighted by Gasteiger charge is 2.15. The monoisotopic (exact) mass is 262 g/mol. The lowest BCUT2D eigenvalue weighted by Crippen LogP contribution is -2.17. The molecule has 7 heteroatoms. The van der Waals surface area contributed by atoms with Gasteiger partial charge in [0.15, 0.2) is 0 Å². The first kappa shape index (κ1) is 12.6. The second-order valence-electron chi connectivity index (χ2n) is 2.63. The van der Waals surface area contributed by atoms with Crippen LogP contribution < -0.4 is 5.43 Å². The number of rotatable bonds is 4. The van der Waals surface area contributed by atoms with E-state index in [1.54, 1.807) is 0 Å². The minimum atomic E-state index is -1.07. The van der Waals surface area contributed by atoms with Gasteiger partial charge in [-0.05, 0) is 47.5 Å². The summed E-state index contributed by atoms with van der Waals surface area (Å²) in [7, 11) is 0. The molecule has 0 radical (unpaired) electrons. The highest BCUT2D eigenvalue weighted by atomic mass is 35.5. The Kier molecular flexibility index (Phi) is 4.39. The number of hydrazone groups is 1. The van der Waals surface area contributed by atoms with Gasteiger partial charge in [0.1, 0.15) is 5.82 Å². The van der Waals surface area contributed by atoms with Crippen LogP contribution >= 0.6 is 23.2 Å². The van der Waals surface area contributed by atoms with E-state index in [1.807, 2.05) is 0 Å². The number of anilines is 1. The minimum Gasteiger partial charge on any atom is -0.278 e. The molecule has 0 amide bonds. The summed E-state index contributed by atoms with van der Waals surface area (Å²) >= 11 is 10.1. The predicted octanol–water partition coefficient (Wildman–Crippen LogP) is 2.12. The van der Waals surface area contributed by atoms with Crippen LogP contribution in [0.1, 0.15) is 0 Å². The molecule has 0 heterocycles. The first-order valence-electron chi connectivity index (χ1n) is 3.99. The van der Waals surface area contributed by atoms with E-state index in [-0.39, 0.29) is 0 Å². The molecule has 84 valence electrons. The Labute approximate surface area is 100 Å². The molecular formula is C9H5Cl2FN2O2. The topological polar surface area (TPSA) is 58.5 Å². The largest absolute Gasteiger partial charge is 0.278 e. The van der Waals surface area contributed by atoms with Crippen LogP contribution in [0, 0.1) is 5.82 Å². The molecule has 0 bridgehead atoms. The van der Waals surface area contributed by atoms with Gasteiger partial charge in [0.05, 0.1) is 5.69 Å². The van der Waals surface area contributed by atoms with E-state index < -0.39 is 22.0 Å². The first-order valence-corrected chi connectivity index (χ1v) is 4.75. The van der Waals surface area contributed by atoms with E-state index in [2.05, 4.69) is 10.5 Å². The number of halogens is 3. The van der Waals surface area contributed by atoms with Crippen LogP contribution in [-0.2, 0) is 9.59 Å². The molecule has 1 rings (SSSR count). The first-order chi connectivity index (χ1) is 7.50. The van der Waals surface area contributed by atoms with Crippen molar-refractivity contribution in [2.75, 3.05) is 5.43 Å². The standard InChI is InChI=1S/C9H5Cl2FN2O2/c10-8(15)7(9(11)16)14-13-6-3-1-5(12)2-4-6/h1-4,13H. The number of carbonyl (C=O) groups is 2. The molecule has 0 aliphatic carbocycles. The molecule has 0 spiro atoms. The van der Waals surface area contributed by atoms with Crippen LogP contribution in [-0.4, -0.2) is 16.2 Å². The zero-order chi connectivity index (χ0) is 12.1. The highest BCUT2D eigenvalue weighted by Crippen LogP contribution is 2.08. The van der Waals surface area contributed by atoms with Gasteiger partial charge in [-0.1, -0.05) is 0 Å². The van der Waals surface area contributed by atoms with E-state index in [4.69, 9.17) is 23.2 Å². The van der Waals surface area contributed by atoms with Gasteiger partial charge >= 0.3 is 0 Å². The lowest BCUT2D eigenvalue weighted by Gasteiger charge is -2.00. The van der Waals surface area contributed by atoms with Crippen LogP contribution in [0.15, 0.2) is 29.4 Å². The van der Waals surface area contributed by atoms with Crippen molar-refractivity contribution >= 4 is 45.1 Å². The van der Waals surface area contributed by atoms with Crippen molar-refractivity contribution in [3.05, 3.63) is 30.1 Å². The number of nitrogens with zero attached hydrogens (tertiary/aromatic N) is 1. The summed E-state index contributed by atoms with van der Waals surface area (Å²) in [4.78, 5) is 21.4. The Morgan fingerprint density at radius 1 is 1.12 bits per heavy atom. The minimum absolute atomic E-state index is 0.384. The Balaban J connectivity index is 2.81. The van der Waals surface area contributed by atoms with Crippen molar-refractivity contribution in [2.24, 2.45) is 5.10 Å². The SMILES string of the molecule is O=C(Cl)C(=NNc1ccc(F)cc1)C(=O)Cl. The van der Waals surface area contributed by atoms with Gasteiger partial charge in [0.25, 0.3) is 10.5 Å². The molecule has 0 atom stereocenters. The van der Waals surface area contributed by atoms with Gasteiger partial charge in [-0.3, -0.25) is 15.0 Å². The molecule has 0 saturated heterocycles. The fraction of sp³-hybridized carbons (Fsp3) is 0. The zero-order valence-electron chi connectivity index (χ0n) is 7.71. The molecule has 0 aliphatic heterocycles. The second kappa shape index (κ2) is 5.58. The van der Waals surface area contributed by atoms with E-state index in [0.29, 0.717) is 5.69 Å². The molecular weight excluding hydrogens is 258 g/mol. The van der Waals surface area contributed by atoms with Crippen LogP contribution in [0.25, 0.3) is 0 Å². The van der Waals surface area contributed by atoms with Crippen molar-refractivity contribution in [2.45, 2.75) is 0 Å². The number of nitrogens with one attached hydrogen (secondary N) is 1. The molecule has 1 aromatic rings. The Morgan fingerprint density at radius 3 is 2.06 bits per heavy atom. The number of carbonyl (C=O) groups excluding carboxylic acids is 2. The van der Waals surface area contributed by atoms with Crippen LogP contribution in [0.3, 0.4) is 0 Å². The maximum atomic E-state index is 12.5. The van der Waals surface area contributed by atoms with Crippen molar-refractivity contribution in [3.63, 3.8) is 0 Å². The van der Waals surface area contributed by atoms with Gasteiger partial charge in [0.2, 0.25) is 5.71 Å². The number of benzene rings is 1. The van der Waals surface area contributed by atoms with Crippen LogP contribution in [0.2, 0.25) is 0 Å². The van der Waals surface area contributed by atoms with Crippen LogP contribution in [0.5, 0.6) is 0 Å². The molecule has 0 unspecified atom stereocenters. The summed E-state index contributed by atoms with van der Waals surface area (Å²) in [5.74, 6) is -0.420. The molecule has 1 N–H and O–H groups in total. The average molecular weight is 263 g/mol. The van der Waals surface area contributed by atoms with Gasteiger partial charge in [-0.15, -0.1) is 0 Å². The molecule has 1 aromatic carbocycles. The molecule has 4 nitrogen and oxygen atoms in total. The fourth-order valence-corrected chi connectivity index (χ4v) is 1.11. The molecule has 16 heavy (non-hydrogen) atoms. The third kappa shape index (κ3) is 3.60. The lowest BCUT2D eigenvalue weighted by atomic mass is 10.3. The summed E-state index contributed by atoms with van der Waals surface area (Å²) in [5, 5.41) is 1.26. The lowest BCUT2D eigenvalue weighted by molar-refractivity contribution is -0.109. The third-order valence-electron chi connectivity index (χ3n) is 1.51. The van der Waals surface area contributed by atoms with E-state index in [9.17, 15) is 14.0 Å².